The second-order valence-electron chi connectivity index (χ2n) is 5.24. The number of nitrogens with zero attached hydrogens (tertiary/aromatic N) is 4. The number of hydrazone groups is 1. The highest BCUT2D eigenvalue weighted by molar-refractivity contribution is 6.04. The quantitative estimate of drug-likeness (QED) is 0.450. The summed E-state index contributed by atoms with van der Waals surface area (Å²) < 4.78 is 0. The first-order chi connectivity index (χ1) is 11.3. The molecule has 112 valence electrons. The van der Waals surface area contributed by atoms with Crippen molar-refractivity contribution < 1.29 is 0 Å². The molecule has 4 aromatic rings. The lowest BCUT2D eigenvalue weighted by molar-refractivity contribution is 1.01. The van der Waals surface area contributed by atoms with Crippen LogP contribution in [0.25, 0.3) is 22.1 Å². The molecule has 0 aliphatic carbocycles. The van der Waals surface area contributed by atoms with Gasteiger partial charge in [0.2, 0.25) is 0 Å². The third-order valence-corrected chi connectivity index (χ3v) is 3.64. The molecule has 0 amide bonds. The second-order valence-corrected chi connectivity index (χ2v) is 5.24. The third-order valence-electron chi connectivity index (χ3n) is 3.64. The van der Waals surface area contributed by atoms with Gasteiger partial charge in [-0.2, -0.15) is 10.1 Å². The van der Waals surface area contributed by atoms with E-state index in [-0.39, 0.29) is 0 Å². The molecule has 0 atom stereocenters. The summed E-state index contributed by atoms with van der Waals surface area (Å²) in [6.07, 6.45) is 1.71. The van der Waals surface area contributed by atoms with Crippen LogP contribution in [0.15, 0.2) is 53.6 Å². The van der Waals surface area contributed by atoms with E-state index in [1.807, 2.05) is 42.5 Å². The molecule has 4 rings (SSSR count). The Balaban J connectivity index is 1.65. The molecule has 0 aliphatic rings. The number of aromatic nitrogens is 4. The van der Waals surface area contributed by atoms with Gasteiger partial charge in [0.15, 0.2) is 5.65 Å². The van der Waals surface area contributed by atoms with Crippen molar-refractivity contribution in [2.45, 2.75) is 6.92 Å². The van der Waals surface area contributed by atoms with Crippen LogP contribution in [0.1, 0.15) is 11.1 Å². The Labute approximate surface area is 132 Å². The number of H-pyrrole nitrogens is 1. The summed E-state index contributed by atoms with van der Waals surface area (Å²) in [5, 5.41) is 13.5. The van der Waals surface area contributed by atoms with Gasteiger partial charge in [0.25, 0.3) is 5.95 Å². The van der Waals surface area contributed by atoms with E-state index in [2.05, 4.69) is 43.7 Å². The molecule has 2 aromatic carbocycles. The Bertz CT molecular complexity index is 1000. The number of benzene rings is 2. The minimum Gasteiger partial charge on any atom is -0.337 e. The summed E-state index contributed by atoms with van der Waals surface area (Å²) in [4.78, 5) is 7.72. The predicted molar refractivity (Wildman–Crippen MR) is 91.6 cm³/mol. The molecule has 0 bridgehead atoms. The zero-order valence-electron chi connectivity index (χ0n) is 12.5. The normalized spacial score (nSPS) is 11.5. The van der Waals surface area contributed by atoms with Crippen LogP contribution in [0.4, 0.5) is 5.95 Å². The van der Waals surface area contributed by atoms with Gasteiger partial charge in [0, 0.05) is 5.39 Å². The van der Waals surface area contributed by atoms with Gasteiger partial charge in [0.05, 0.1) is 11.7 Å². The number of anilines is 1. The van der Waals surface area contributed by atoms with E-state index in [1.54, 1.807) is 6.21 Å². The minimum absolute atomic E-state index is 0.355. The van der Waals surface area contributed by atoms with Crippen molar-refractivity contribution in [3.05, 3.63) is 59.7 Å². The maximum Gasteiger partial charge on any atom is 0.265 e. The summed E-state index contributed by atoms with van der Waals surface area (Å²) in [6, 6.07) is 15.9. The van der Waals surface area contributed by atoms with Crippen LogP contribution < -0.4 is 5.43 Å². The lowest BCUT2D eigenvalue weighted by Crippen LogP contribution is -1.98. The van der Waals surface area contributed by atoms with E-state index < -0.39 is 0 Å². The molecule has 2 aromatic heterocycles. The lowest BCUT2D eigenvalue weighted by atomic mass is 10.1. The van der Waals surface area contributed by atoms with Gasteiger partial charge in [-0.3, -0.25) is 0 Å². The zero-order chi connectivity index (χ0) is 15.6. The van der Waals surface area contributed by atoms with E-state index in [1.165, 1.54) is 0 Å². The molecule has 2 heterocycles. The fraction of sp³-hybridized carbons (Fsp3) is 0.0588. The molecule has 6 nitrogen and oxygen atoms in total. The lowest BCUT2D eigenvalue weighted by Gasteiger charge is -1.97. The number of para-hydroxylation sites is 1. The van der Waals surface area contributed by atoms with Gasteiger partial charge < -0.3 is 4.98 Å². The Morgan fingerprint density at radius 2 is 1.91 bits per heavy atom. The highest BCUT2D eigenvalue weighted by Crippen LogP contribution is 2.24. The summed E-state index contributed by atoms with van der Waals surface area (Å²) in [5.41, 5.74) is 7.45. The van der Waals surface area contributed by atoms with Crippen molar-refractivity contribution >= 4 is 34.2 Å². The number of hydrogen-bond donors (Lipinski definition) is 2. The van der Waals surface area contributed by atoms with Gasteiger partial charge in [-0.25, -0.2) is 5.43 Å². The van der Waals surface area contributed by atoms with E-state index in [4.69, 9.17) is 0 Å². The number of hydrogen-bond acceptors (Lipinski definition) is 5. The maximum absolute atomic E-state index is 4.43. The Kier molecular flexibility index (Phi) is 3.20. The molecule has 2 N–H and O–H groups in total. The molecule has 0 saturated heterocycles. The van der Waals surface area contributed by atoms with Gasteiger partial charge >= 0.3 is 0 Å². The van der Waals surface area contributed by atoms with E-state index in [0.29, 0.717) is 11.6 Å². The summed E-state index contributed by atoms with van der Waals surface area (Å²) in [6.45, 7) is 2.05. The zero-order valence-corrected chi connectivity index (χ0v) is 12.5. The van der Waals surface area contributed by atoms with Crippen molar-refractivity contribution in [3.8, 4) is 0 Å². The van der Waals surface area contributed by atoms with Crippen LogP contribution in [0.2, 0.25) is 0 Å². The number of rotatable bonds is 3. The fourth-order valence-electron chi connectivity index (χ4n) is 2.49. The average Bonchev–Trinajstić information content (AvgIpc) is 2.95. The largest absolute Gasteiger partial charge is 0.337 e. The molecule has 0 fully saturated rings. The van der Waals surface area contributed by atoms with Gasteiger partial charge in [-0.05, 0) is 18.1 Å². The Morgan fingerprint density at radius 1 is 1.04 bits per heavy atom. The van der Waals surface area contributed by atoms with Crippen LogP contribution in [-0.4, -0.2) is 26.4 Å². The molecule has 0 unspecified atom stereocenters. The molecule has 0 radical (unpaired) electrons. The number of nitrogens with one attached hydrogen (secondary N) is 2. The van der Waals surface area contributed by atoms with Crippen molar-refractivity contribution in [1.29, 1.82) is 0 Å². The molecular weight excluding hydrogens is 288 g/mol. The standard InChI is InChI=1S/C17H14N6/c1-11-6-5-9-13-14(11)19-16-15(13)21-23-17(20-16)22-18-10-12-7-3-2-4-8-12/h2-10H,1H3,(H2,19,20,22,23)/b18-10-. The van der Waals surface area contributed by atoms with Gasteiger partial charge in [-0.1, -0.05) is 48.5 Å². The number of aromatic amines is 1. The first-order valence-corrected chi connectivity index (χ1v) is 7.27. The monoisotopic (exact) mass is 302 g/mol. The third kappa shape index (κ3) is 2.50. The second kappa shape index (κ2) is 5.49. The minimum atomic E-state index is 0.355. The van der Waals surface area contributed by atoms with Crippen molar-refractivity contribution in [2.75, 3.05) is 5.43 Å². The van der Waals surface area contributed by atoms with E-state index >= 15 is 0 Å². The average molecular weight is 302 g/mol. The maximum atomic E-state index is 4.43. The molecule has 6 heteroatoms. The summed E-state index contributed by atoms with van der Waals surface area (Å²) >= 11 is 0. The van der Waals surface area contributed by atoms with Crippen LogP contribution in [0, 0.1) is 6.92 Å². The smallest absolute Gasteiger partial charge is 0.265 e. The topological polar surface area (TPSA) is 78.9 Å². The molecule has 0 spiro atoms. The first kappa shape index (κ1) is 13.4. The molecular formula is C17H14N6. The van der Waals surface area contributed by atoms with Crippen molar-refractivity contribution in [1.82, 2.24) is 20.2 Å². The fourth-order valence-corrected chi connectivity index (χ4v) is 2.49. The van der Waals surface area contributed by atoms with Crippen LogP contribution in [0.5, 0.6) is 0 Å². The van der Waals surface area contributed by atoms with Crippen LogP contribution >= 0.6 is 0 Å². The molecule has 23 heavy (non-hydrogen) atoms. The van der Waals surface area contributed by atoms with Crippen molar-refractivity contribution in [2.24, 2.45) is 5.10 Å². The SMILES string of the molecule is Cc1cccc2c1[nH]c1nc(N/N=C\c3ccccc3)nnc12. The van der Waals surface area contributed by atoms with E-state index in [0.717, 1.165) is 27.5 Å². The highest BCUT2D eigenvalue weighted by Gasteiger charge is 2.09. The summed E-state index contributed by atoms with van der Waals surface area (Å²) in [5.74, 6) is 0.355. The Hall–Kier alpha value is -3.28. The summed E-state index contributed by atoms with van der Waals surface area (Å²) in [7, 11) is 0. The van der Waals surface area contributed by atoms with Crippen LogP contribution in [0.3, 0.4) is 0 Å². The molecule has 0 saturated carbocycles. The van der Waals surface area contributed by atoms with E-state index in [9.17, 15) is 0 Å². The highest BCUT2D eigenvalue weighted by atomic mass is 15.4. The predicted octanol–water partition coefficient (Wildman–Crippen LogP) is 3.26. The van der Waals surface area contributed by atoms with Crippen LogP contribution in [-0.2, 0) is 0 Å². The number of aryl methyl sites for hydroxylation is 1. The van der Waals surface area contributed by atoms with Gasteiger partial charge in [0.1, 0.15) is 5.52 Å². The Morgan fingerprint density at radius 3 is 2.78 bits per heavy atom. The van der Waals surface area contributed by atoms with Gasteiger partial charge in [-0.15, -0.1) is 10.2 Å². The first-order valence-electron chi connectivity index (χ1n) is 7.27. The van der Waals surface area contributed by atoms with Crippen molar-refractivity contribution in [3.63, 3.8) is 0 Å². The molecule has 0 aliphatic heterocycles. The number of fused-ring (bicyclic) bond motifs is 3.